The topological polar surface area (TPSA) is 55.4 Å². The molecule has 2 fully saturated rings. The van der Waals surface area contributed by atoms with Gasteiger partial charge in [0.1, 0.15) is 12.1 Å². The van der Waals surface area contributed by atoms with Crippen LogP contribution in [-0.4, -0.2) is 24.0 Å². The minimum atomic E-state index is -0.419. The maximum absolute atomic E-state index is 11.9. The summed E-state index contributed by atoms with van der Waals surface area (Å²) in [7, 11) is 0. The molecular formula is C14H24ClNO3. The highest BCUT2D eigenvalue weighted by Crippen LogP contribution is 2.39. The van der Waals surface area contributed by atoms with E-state index in [1.54, 1.807) is 0 Å². The summed E-state index contributed by atoms with van der Waals surface area (Å²) in [5.41, 5.74) is 0.238. The number of hydrogen-bond donors (Lipinski definition) is 1. The van der Waals surface area contributed by atoms with Gasteiger partial charge in [-0.3, -0.25) is 4.79 Å². The number of ether oxygens (including phenoxy) is 1. The van der Waals surface area contributed by atoms with Gasteiger partial charge in [-0.25, -0.2) is 4.79 Å². The number of amides is 1. The second-order valence-corrected chi connectivity index (χ2v) is 6.63. The monoisotopic (exact) mass is 289 g/mol. The van der Waals surface area contributed by atoms with Gasteiger partial charge in [0.2, 0.25) is 5.91 Å². The molecule has 1 heterocycles. The first-order chi connectivity index (χ1) is 8.35. The first kappa shape index (κ1) is 16.3. The lowest BCUT2D eigenvalue weighted by Crippen LogP contribution is -2.40. The molecule has 1 N–H and O–H groups in total. The average Bonchev–Trinajstić information content (AvgIpc) is 2.61. The summed E-state index contributed by atoms with van der Waals surface area (Å²) in [6.45, 7) is 6.65. The highest BCUT2D eigenvalue weighted by atomic mass is 35.5. The van der Waals surface area contributed by atoms with Crippen molar-refractivity contribution in [3.05, 3.63) is 0 Å². The Bertz CT molecular complexity index is 357. The molecule has 5 heteroatoms. The van der Waals surface area contributed by atoms with E-state index in [1.807, 2.05) is 0 Å². The number of carbonyl (C=O) groups is 2. The summed E-state index contributed by atoms with van der Waals surface area (Å²) < 4.78 is 5.58. The summed E-state index contributed by atoms with van der Waals surface area (Å²) >= 11 is 0. The molecule has 0 aromatic carbocycles. The molecule has 0 spiro atoms. The molecule has 1 aliphatic heterocycles. The van der Waals surface area contributed by atoms with Crippen molar-refractivity contribution in [3.8, 4) is 0 Å². The van der Waals surface area contributed by atoms with Crippen molar-refractivity contribution in [2.24, 2.45) is 11.3 Å². The van der Waals surface area contributed by atoms with Gasteiger partial charge in [0, 0.05) is 6.42 Å². The van der Waals surface area contributed by atoms with E-state index >= 15 is 0 Å². The van der Waals surface area contributed by atoms with Crippen LogP contribution >= 0.6 is 12.4 Å². The van der Waals surface area contributed by atoms with Crippen molar-refractivity contribution in [3.63, 3.8) is 0 Å². The van der Waals surface area contributed by atoms with E-state index < -0.39 is 6.04 Å². The van der Waals surface area contributed by atoms with E-state index in [4.69, 9.17) is 4.74 Å². The first-order valence-corrected chi connectivity index (χ1v) is 6.85. The highest BCUT2D eigenvalue weighted by molar-refractivity contribution is 5.88. The van der Waals surface area contributed by atoms with Crippen molar-refractivity contribution >= 4 is 24.3 Å². The Morgan fingerprint density at radius 1 is 1.37 bits per heavy atom. The minimum absolute atomic E-state index is 0. The molecule has 3 atom stereocenters. The molecule has 0 aromatic heterocycles. The summed E-state index contributed by atoms with van der Waals surface area (Å²) in [5.74, 6) is 0.287. The Kier molecular flexibility index (Phi) is 5.25. The molecule has 1 amide bonds. The van der Waals surface area contributed by atoms with Gasteiger partial charge in [0.25, 0.3) is 0 Å². The number of carbonyl (C=O) groups excluding carboxylic acids is 2. The summed E-state index contributed by atoms with van der Waals surface area (Å²) in [6.07, 6.45) is 4.06. The van der Waals surface area contributed by atoms with Crippen LogP contribution in [0.4, 0.5) is 0 Å². The van der Waals surface area contributed by atoms with Gasteiger partial charge < -0.3 is 10.1 Å². The molecule has 1 saturated heterocycles. The Balaban J connectivity index is 0.00000180. The smallest absolute Gasteiger partial charge is 0.328 e. The number of rotatable bonds is 2. The standard InChI is InChI=1S/C14H23NO3.ClH/c1-9-6-10(8-14(2,3)7-9)18-13(17)11-4-5-12(16)15-11;/h9-11H,4-8H2,1-3H3,(H,15,16);1H/t9-,10+,11-;/m0./s1. The number of halogens is 1. The quantitative estimate of drug-likeness (QED) is 0.795. The zero-order valence-electron chi connectivity index (χ0n) is 11.9. The lowest BCUT2D eigenvalue weighted by atomic mass is 9.71. The molecule has 2 rings (SSSR count). The zero-order valence-corrected chi connectivity index (χ0v) is 12.7. The number of nitrogens with one attached hydrogen (secondary N) is 1. The molecule has 0 unspecified atom stereocenters. The number of esters is 1. The molecule has 0 aromatic rings. The molecule has 19 heavy (non-hydrogen) atoms. The number of hydrogen-bond acceptors (Lipinski definition) is 3. The second-order valence-electron chi connectivity index (χ2n) is 6.63. The Morgan fingerprint density at radius 2 is 2.05 bits per heavy atom. The maximum atomic E-state index is 11.9. The second kappa shape index (κ2) is 6.12. The van der Waals surface area contributed by atoms with Crippen molar-refractivity contribution in [1.82, 2.24) is 5.32 Å². The van der Waals surface area contributed by atoms with Crippen LogP contribution in [0.2, 0.25) is 0 Å². The Hall–Kier alpha value is -0.770. The van der Waals surface area contributed by atoms with E-state index in [1.165, 1.54) is 6.42 Å². The van der Waals surface area contributed by atoms with Crippen molar-refractivity contribution in [2.45, 2.75) is 65.0 Å². The van der Waals surface area contributed by atoms with Crippen LogP contribution in [0.1, 0.15) is 52.9 Å². The largest absolute Gasteiger partial charge is 0.461 e. The van der Waals surface area contributed by atoms with Gasteiger partial charge in [-0.05, 0) is 37.0 Å². The lowest BCUT2D eigenvalue weighted by Gasteiger charge is -2.38. The van der Waals surface area contributed by atoms with Gasteiger partial charge in [0.05, 0.1) is 0 Å². The van der Waals surface area contributed by atoms with Crippen LogP contribution < -0.4 is 5.32 Å². The minimum Gasteiger partial charge on any atom is -0.461 e. The normalized spacial score (nSPS) is 33.2. The summed E-state index contributed by atoms with van der Waals surface area (Å²) in [5, 5.41) is 2.66. The fourth-order valence-electron chi connectivity index (χ4n) is 3.39. The zero-order chi connectivity index (χ0) is 13.3. The first-order valence-electron chi connectivity index (χ1n) is 6.85. The molecular weight excluding hydrogens is 266 g/mol. The molecule has 110 valence electrons. The van der Waals surface area contributed by atoms with Crippen LogP contribution in [0.25, 0.3) is 0 Å². The van der Waals surface area contributed by atoms with E-state index in [0.717, 1.165) is 12.8 Å². The third-order valence-electron chi connectivity index (χ3n) is 3.91. The van der Waals surface area contributed by atoms with Crippen molar-refractivity contribution in [1.29, 1.82) is 0 Å². The predicted octanol–water partition coefficient (Wildman–Crippen LogP) is 2.44. The third kappa shape index (κ3) is 4.37. The van der Waals surface area contributed by atoms with Gasteiger partial charge >= 0.3 is 5.97 Å². The van der Waals surface area contributed by atoms with E-state index in [2.05, 4.69) is 26.1 Å². The SMILES string of the molecule is C[C@H]1C[C@@H](OC(=O)[C@@H]2CCC(=O)N2)CC(C)(C)C1.Cl. The van der Waals surface area contributed by atoms with Crippen molar-refractivity contribution in [2.75, 3.05) is 0 Å². The van der Waals surface area contributed by atoms with Crippen molar-refractivity contribution < 1.29 is 14.3 Å². The maximum Gasteiger partial charge on any atom is 0.328 e. The Morgan fingerprint density at radius 3 is 2.58 bits per heavy atom. The van der Waals surface area contributed by atoms with E-state index in [9.17, 15) is 9.59 Å². The van der Waals surface area contributed by atoms with Crippen LogP contribution in [0.3, 0.4) is 0 Å². The lowest BCUT2D eigenvalue weighted by molar-refractivity contribution is -0.156. The predicted molar refractivity (Wildman–Crippen MR) is 75.1 cm³/mol. The van der Waals surface area contributed by atoms with Crippen LogP contribution in [-0.2, 0) is 14.3 Å². The summed E-state index contributed by atoms with van der Waals surface area (Å²) in [6, 6.07) is -0.419. The average molecular weight is 290 g/mol. The fraction of sp³-hybridized carbons (Fsp3) is 0.857. The third-order valence-corrected chi connectivity index (χ3v) is 3.91. The Labute approximate surface area is 121 Å². The van der Waals surface area contributed by atoms with Crippen LogP contribution in [0, 0.1) is 11.3 Å². The van der Waals surface area contributed by atoms with E-state index in [0.29, 0.717) is 18.8 Å². The molecule has 0 radical (unpaired) electrons. The van der Waals surface area contributed by atoms with Crippen LogP contribution in [0.15, 0.2) is 0 Å². The van der Waals surface area contributed by atoms with Gasteiger partial charge in [-0.1, -0.05) is 20.8 Å². The van der Waals surface area contributed by atoms with Gasteiger partial charge in [0.15, 0.2) is 0 Å². The van der Waals surface area contributed by atoms with Crippen LogP contribution in [0.5, 0.6) is 0 Å². The molecule has 1 aliphatic carbocycles. The molecule has 4 nitrogen and oxygen atoms in total. The summed E-state index contributed by atoms with van der Waals surface area (Å²) in [4.78, 5) is 23.0. The van der Waals surface area contributed by atoms with E-state index in [-0.39, 0.29) is 35.8 Å². The molecule has 1 saturated carbocycles. The molecule has 0 bridgehead atoms. The highest BCUT2D eigenvalue weighted by Gasteiger charge is 2.36. The fourth-order valence-corrected chi connectivity index (χ4v) is 3.39. The van der Waals surface area contributed by atoms with Gasteiger partial charge in [-0.2, -0.15) is 0 Å². The molecule has 2 aliphatic rings. The van der Waals surface area contributed by atoms with Gasteiger partial charge in [-0.15, -0.1) is 12.4 Å².